The van der Waals surface area contributed by atoms with Gasteiger partial charge in [0.15, 0.2) is 0 Å². The molecular formula is C11H11BrF2. The van der Waals surface area contributed by atoms with Crippen LogP contribution in [-0.4, -0.2) is 11.3 Å². The number of hydrogen-bond acceptors (Lipinski definition) is 0. The summed E-state index contributed by atoms with van der Waals surface area (Å²) in [5.74, 6) is -3.62. The molecule has 0 spiro atoms. The van der Waals surface area contributed by atoms with E-state index in [2.05, 4.69) is 15.9 Å². The monoisotopic (exact) mass is 260 g/mol. The third kappa shape index (κ3) is 1.48. The molecule has 2 rings (SSSR count). The van der Waals surface area contributed by atoms with Gasteiger partial charge in [-0.05, 0) is 12.5 Å². The number of alkyl halides is 3. The van der Waals surface area contributed by atoms with Crippen LogP contribution in [0.25, 0.3) is 0 Å². The lowest BCUT2D eigenvalue weighted by molar-refractivity contribution is 0.0973. The highest BCUT2D eigenvalue weighted by atomic mass is 79.9. The van der Waals surface area contributed by atoms with E-state index < -0.39 is 17.8 Å². The van der Waals surface area contributed by atoms with Crippen LogP contribution in [0.4, 0.5) is 8.78 Å². The van der Waals surface area contributed by atoms with Gasteiger partial charge in [-0.1, -0.05) is 45.8 Å². The zero-order valence-corrected chi connectivity index (χ0v) is 9.39. The smallest absolute Gasteiger partial charge is 0.206 e. The van der Waals surface area contributed by atoms with E-state index in [1.165, 1.54) is 0 Å². The lowest BCUT2D eigenvalue weighted by Crippen LogP contribution is -1.94. The second-order valence-corrected chi connectivity index (χ2v) is 4.47. The quantitative estimate of drug-likeness (QED) is 0.711. The van der Waals surface area contributed by atoms with E-state index in [1.54, 1.807) is 12.1 Å². The molecule has 0 heterocycles. The molecular weight excluding hydrogens is 250 g/mol. The first-order valence-corrected chi connectivity index (χ1v) is 5.70. The third-order valence-electron chi connectivity index (χ3n) is 2.80. The fourth-order valence-corrected chi connectivity index (χ4v) is 2.62. The summed E-state index contributed by atoms with van der Waals surface area (Å²) in [6, 6.07) is 7.37. The van der Waals surface area contributed by atoms with Gasteiger partial charge in [0.2, 0.25) is 0 Å². The maximum absolute atomic E-state index is 13.2. The minimum atomic E-state index is -2.52. The summed E-state index contributed by atoms with van der Waals surface area (Å²) in [6.45, 7) is 1.96. The topological polar surface area (TPSA) is 0 Å². The van der Waals surface area contributed by atoms with Gasteiger partial charge in [-0.2, -0.15) is 0 Å². The zero-order chi connectivity index (χ0) is 10.3. The average molecular weight is 261 g/mol. The molecule has 14 heavy (non-hydrogen) atoms. The molecule has 3 heteroatoms. The first-order chi connectivity index (χ1) is 6.57. The van der Waals surface area contributed by atoms with Crippen LogP contribution in [0.5, 0.6) is 0 Å². The summed E-state index contributed by atoms with van der Waals surface area (Å²) < 4.78 is 26.4. The lowest BCUT2D eigenvalue weighted by Gasteiger charge is -1.99. The van der Waals surface area contributed by atoms with Crippen molar-refractivity contribution < 1.29 is 8.78 Å². The third-order valence-corrected chi connectivity index (χ3v) is 3.50. The number of rotatable bonds is 2. The summed E-state index contributed by atoms with van der Waals surface area (Å²) in [4.78, 5) is 0. The van der Waals surface area contributed by atoms with Gasteiger partial charge in [0.05, 0.1) is 5.92 Å². The maximum Gasteiger partial charge on any atom is 0.259 e. The Morgan fingerprint density at radius 1 is 1.29 bits per heavy atom. The van der Waals surface area contributed by atoms with Crippen LogP contribution >= 0.6 is 15.9 Å². The van der Waals surface area contributed by atoms with Gasteiger partial charge >= 0.3 is 0 Å². The standard InChI is InChI=1S/C11H11BrF2/c1-7-2-4-8(5-3-7)10-9(6-12)11(10,13)14/h2-5,9-10H,6H2,1H3. The summed E-state index contributed by atoms with van der Waals surface area (Å²) in [6.07, 6.45) is 0. The van der Waals surface area contributed by atoms with E-state index >= 15 is 0 Å². The van der Waals surface area contributed by atoms with Crippen LogP contribution in [0.2, 0.25) is 0 Å². The van der Waals surface area contributed by atoms with Crippen LogP contribution < -0.4 is 0 Å². The van der Waals surface area contributed by atoms with Crippen molar-refractivity contribution in [1.29, 1.82) is 0 Å². The Balaban J connectivity index is 2.22. The van der Waals surface area contributed by atoms with Crippen LogP contribution in [0.1, 0.15) is 17.0 Å². The highest BCUT2D eigenvalue weighted by molar-refractivity contribution is 9.09. The molecule has 0 N–H and O–H groups in total. The molecule has 76 valence electrons. The van der Waals surface area contributed by atoms with Crippen LogP contribution in [-0.2, 0) is 0 Å². The Hall–Kier alpha value is -0.440. The molecule has 2 atom stereocenters. The minimum Gasteiger partial charge on any atom is -0.206 e. The highest BCUT2D eigenvalue weighted by Gasteiger charge is 2.67. The predicted molar refractivity (Wildman–Crippen MR) is 56.2 cm³/mol. The van der Waals surface area contributed by atoms with E-state index in [-0.39, 0.29) is 0 Å². The maximum atomic E-state index is 13.2. The van der Waals surface area contributed by atoms with E-state index in [0.29, 0.717) is 5.33 Å². The van der Waals surface area contributed by atoms with E-state index in [1.807, 2.05) is 19.1 Å². The van der Waals surface area contributed by atoms with Crippen molar-refractivity contribution in [2.24, 2.45) is 5.92 Å². The Labute approximate surface area is 90.4 Å². The van der Waals surface area contributed by atoms with Gasteiger partial charge < -0.3 is 0 Å². The van der Waals surface area contributed by atoms with E-state index in [0.717, 1.165) is 11.1 Å². The molecule has 1 aliphatic carbocycles. The molecule has 0 saturated heterocycles. The molecule has 0 aliphatic heterocycles. The Bertz CT molecular complexity index is 332. The second-order valence-electron chi connectivity index (χ2n) is 3.82. The summed E-state index contributed by atoms with van der Waals surface area (Å²) in [5.41, 5.74) is 1.86. The lowest BCUT2D eigenvalue weighted by atomic mass is 10.1. The largest absolute Gasteiger partial charge is 0.259 e. The van der Waals surface area contributed by atoms with Crippen molar-refractivity contribution in [1.82, 2.24) is 0 Å². The molecule has 2 unspecified atom stereocenters. The fraction of sp³-hybridized carbons (Fsp3) is 0.455. The van der Waals surface area contributed by atoms with Crippen molar-refractivity contribution in [2.45, 2.75) is 18.8 Å². The molecule has 0 aromatic heterocycles. The molecule has 0 bridgehead atoms. The number of hydrogen-bond donors (Lipinski definition) is 0. The summed E-state index contributed by atoms with van der Waals surface area (Å²) in [5, 5.41) is 0.374. The van der Waals surface area contributed by atoms with Crippen LogP contribution in [0.3, 0.4) is 0 Å². The van der Waals surface area contributed by atoms with Crippen molar-refractivity contribution in [3.63, 3.8) is 0 Å². The molecule has 1 aliphatic rings. The minimum absolute atomic E-state index is 0.374. The van der Waals surface area contributed by atoms with Crippen LogP contribution in [0.15, 0.2) is 24.3 Å². The highest BCUT2D eigenvalue weighted by Crippen LogP contribution is 2.62. The van der Waals surface area contributed by atoms with Gasteiger partial charge in [0.1, 0.15) is 0 Å². The van der Waals surface area contributed by atoms with Gasteiger partial charge in [-0.25, -0.2) is 8.78 Å². The number of halogens is 3. The SMILES string of the molecule is Cc1ccc(C2C(CBr)C2(F)F)cc1. The normalized spacial score (nSPS) is 28.9. The molecule has 0 radical (unpaired) electrons. The van der Waals surface area contributed by atoms with Crippen LogP contribution in [0, 0.1) is 12.8 Å². The van der Waals surface area contributed by atoms with Crippen molar-refractivity contribution >= 4 is 15.9 Å². The van der Waals surface area contributed by atoms with Crippen molar-refractivity contribution in [2.75, 3.05) is 5.33 Å². The van der Waals surface area contributed by atoms with Crippen molar-refractivity contribution in [3.05, 3.63) is 35.4 Å². The Morgan fingerprint density at radius 3 is 2.29 bits per heavy atom. The Kier molecular flexibility index (Phi) is 2.38. The number of aryl methyl sites for hydroxylation is 1. The van der Waals surface area contributed by atoms with Crippen molar-refractivity contribution in [3.8, 4) is 0 Å². The second kappa shape index (κ2) is 3.30. The number of benzene rings is 1. The molecule has 1 saturated carbocycles. The molecule has 1 aromatic rings. The van der Waals surface area contributed by atoms with Gasteiger partial charge in [0, 0.05) is 11.2 Å². The fourth-order valence-electron chi connectivity index (χ4n) is 1.81. The average Bonchev–Trinajstić information content (AvgIpc) is 2.69. The zero-order valence-electron chi connectivity index (χ0n) is 7.81. The first-order valence-electron chi connectivity index (χ1n) is 4.57. The van der Waals surface area contributed by atoms with E-state index in [4.69, 9.17) is 0 Å². The first kappa shape index (κ1) is 10.1. The molecule has 0 amide bonds. The summed E-state index contributed by atoms with van der Waals surface area (Å²) in [7, 11) is 0. The van der Waals surface area contributed by atoms with E-state index in [9.17, 15) is 8.78 Å². The molecule has 1 aromatic carbocycles. The molecule has 0 nitrogen and oxygen atoms in total. The summed E-state index contributed by atoms with van der Waals surface area (Å²) >= 11 is 3.12. The van der Waals surface area contributed by atoms with Gasteiger partial charge in [-0.3, -0.25) is 0 Å². The predicted octanol–water partition coefficient (Wildman–Crippen LogP) is 3.74. The molecule has 1 fully saturated rings. The van der Waals surface area contributed by atoms with Gasteiger partial charge in [0.25, 0.3) is 5.92 Å². The Morgan fingerprint density at radius 2 is 1.86 bits per heavy atom. The van der Waals surface area contributed by atoms with Gasteiger partial charge in [-0.15, -0.1) is 0 Å².